The van der Waals surface area contributed by atoms with Crippen LogP contribution in [0.4, 0.5) is 5.69 Å². The highest BCUT2D eigenvalue weighted by atomic mass is 16.6. The molecule has 0 aliphatic heterocycles. The summed E-state index contributed by atoms with van der Waals surface area (Å²) < 4.78 is 5.50. The minimum atomic E-state index is -0.630. The summed E-state index contributed by atoms with van der Waals surface area (Å²) in [6.07, 6.45) is 7.31. The van der Waals surface area contributed by atoms with Gasteiger partial charge in [-0.3, -0.25) is 4.79 Å². The zero-order valence-corrected chi connectivity index (χ0v) is 15.2. The molecule has 0 bridgehead atoms. The van der Waals surface area contributed by atoms with Crippen molar-refractivity contribution in [2.45, 2.75) is 27.0 Å². The Hall–Kier alpha value is -3.32. The van der Waals surface area contributed by atoms with Crippen molar-refractivity contribution in [1.82, 2.24) is 0 Å². The molecule has 2 rings (SSSR count). The lowest BCUT2D eigenvalue weighted by Crippen LogP contribution is -2.17. The minimum absolute atomic E-state index is 0.375. The fourth-order valence-electron chi connectivity index (χ4n) is 2.57. The Morgan fingerprint density at radius 1 is 1.08 bits per heavy atom. The molecule has 132 valence electrons. The molecule has 4 nitrogen and oxygen atoms in total. The van der Waals surface area contributed by atoms with Crippen LogP contribution in [0.25, 0.3) is 12.2 Å². The summed E-state index contributed by atoms with van der Waals surface area (Å²) in [5.41, 5.74) is 4.23. The Kier molecular flexibility index (Phi) is 6.75. The van der Waals surface area contributed by atoms with Gasteiger partial charge in [0.1, 0.15) is 0 Å². The van der Waals surface area contributed by atoms with E-state index in [1.165, 1.54) is 6.92 Å². The number of esters is 1. The standard InChI is InChI=1S/C22H22N2O2/c1-4-6-18-12-19(7-5-2)14-20(13-18)22(26-16(3)25)24-21-10-8-17(15-23)9-11-21/h4-14,22,24H,1-3H3. The highest BCUT2D eigenvalue weighted by molar-refractivity contribution is 5.67. The Balaban J connectivity index is 2.41. The van der Waals surface area contributed by atoms with Crippen molar-refractivity contribution in [1.29, 1.82) is 5.26 Å². The molecular formula is C22H22N2O2. The first-order valence-corrected chi connectivity index (χ1v) is 8.40. The quantitative estimate of drug-likeness (QED) is 0.569. The third-order valence-electron chi connectivity index (χ3n) is 3.62. The summed E-state index contributed by atoms with van der Waals surface area (Å²) in [7, 11) is 0. The summed E-state index contributed by atoms with van der Waals surface area (Å²) in [5.74, 6) is -0.375. The van der Waals surface area contributed by atoms with Crippen molar-refractivity contribution in [3.8, 4) is 6.07 Å². The number of carbonyl (C=O) groups is 1. The van der Waals surface area contributed by atoms with E-state index in [2.05, 4.69) is 17.5 Å². The van der Waals surface area contributed by atoms with Crippen LogP contribution >= 0.6 is 0 Å². The maximum Gasteiger partial charge on any atom is 0.304 e. The van der Waals surface area contributed by atoms with Crippen molar-refractivity contribution in [3.05, 3.63) is 76.9 Å². The van der Waals surface area contributed by atoms with Crippen LogP contribution in [-0.2, 0) is 9.53 Å². The highest BCUT2D eigenvalue weighted by Gasteiger charge is 2.16. The molecule has 1 N–H and O–H groups in total. The number of hydrogen-bond donors (Lipinski definition) is 1. The van der Waals surface area contributed by atoms with Crippen LogP contribution in [0.1, 0.15) is 49.3 Å². The zero-order chi connectivity index (χ0) is 18.9. The van der Waals surface area contributed by atoms with Crippen molar-refractivity contribution in [2.24, 2.45) is 0 Å². The van der Waals surface area contributed by atoms with E-state index in [4.69, 9.17) is 10.00 Å². The fraction of sp³-hybridized carbons (Fsp3) is 0.182. The molecule has 0 radical (unpaired) electrons. The highest BCUT2D eigenvalue weighted by Crippen LogP contribution is 2.25. The van der Waals surface area contributed by atoms with Gasteiger partial charge < -0.3 is 10.1 Å². The summed E-state index contributed by atoms with van der Waals surface area (Å²) in [4.78, 5) is 11.6. The number of nitrogens with one attached hydrogen (secondary N) is 1. The number of anilines is 1. The zero-order valence-electron chi connectivity index (χ0n) is 15.2. The number of nitrogens with zero attached hydrogens (tertiary/aromatic N) is 1. The van der Waals surface area contributed by atoms with E-state index >= 15 is 0 Å². The topological polar surface area (TPSA) is 62.1 Å². The van der Waals surface area contributed by atoms with Gasteiger partial charge in [0.2, 0.25) is 0 Å². The lowest BCUT2D eigenvalue weighted by molar-refractivity contribution is -0.145. The Labute approximate surface area is 154 Å². The molecule has 2 aromatic rings. The smallest absolute Gasteiger partial charge is 0.304 e. The van der Waals surface area contributed by atoms with Crippen LogP contribution in [0.15, 0.2) is 54.6 Å². The maximum atomic E-state index is 11.6. The molecule has 0 saturated heterocycles. The third kappa shape index (κ3) is 5.35. The molecule has 4 heteroatoms. The first kappa shape index (κ1) is 19.0. The molecule has 26 heavy (non-hydrogen) atoms. The van der Waals surface area contributed by atoms with Crippen LogP contribution in [0.5, 0.6) is 0 Å². The second-order valence-electron chi connectivity index (χ2n) is 5.76. The second kappa shape index (κ2) is 9.24. The molecule has 1 unspecified atom stereocenters. The van der Waals surface area contributed by atoms with Gasteiger partial charge in [0.25, 0.3) is 0 Å². The average Bonchev–Trinajstić information content (AvgIpc) is 2.62. The summed E-state index contributed by atoms with van der Waals surface area (Å²) >= 11 is 0. The van der Waals surface area contributed by atoms with Gasteiger partial charge >= 0.3 is 5.97 Å². The average molecular weight is 346 g/mol. The molecule has 0 spiro atoms. The van der Waals surface area contributed by atoms with Gasteiger partial charge in [-0.15, -0.1) is 0 Å². The van der Waals surface area contributed by atoms with Gasteiger partial charge in [0, 0.05) is 18.2 Å². The Morgan fingerprint density at radius 2 is 1.65 bits per heavy atom. The van der Waals surface area contributed by atoms with E-state index in [0.717, 1.165) is 22.4 Å². The van der Waals surface area contributed by atoms with E-state index in [9.17, 15) is 4.79 Å². The lowest BCUT2D eigenvalue weighted by atomic mass is 10.0. The molecular weight excluding hydrogens is 324 g/mol. The molecule has 1 atom stereocenters. The van der Waals surface area contributed by atoms with E-state index in [1.807, 2.05) is 50.3 Å². The van der Waals surface area contributed by atoms with E-state index in [0.29, 0.717) is 5.56 Å². The normalized spacial score (nSPS) is 12.1. The Bertz CT molecular complexity index is 828. The number of carbonyl (C=O) groups excluding carboxylic acids is 1. The predicted molar refractivity (Wildman–Crippen MR) is 105 cm³/mol. The number of benzene rings is 2. The van der Waals surface area contributed by atoms with E-state index in [1.54, 1.807) is 24.3 Å². The molecule has 2 aromatic carbocycles. The Morgan fingerprint density at radius 3 is 2.12 bits per heavy atom. The van der Waals surface area contributed by atoms with Gasteiger partial charge in [-0.25, -0.2) is 0 Å². The molecule has 0 aliphatic carbocycles. The van der Waals surface area contributed by atoms with Crippen LogP contribution in [-0.4, -0.2) is 5.97 Å². The molecule has 0 heterocycles. The number of rotatable bonds is 6. The predicted octanol–water partition coefficient (Wildman–Crippen LogP) is 5.30. The summed E-state index contributed by atoms with van der Waals surface area (Å²) in [5, 5.41) is 12.1. The van der Waals surface area contributed by atoms with Gasteiger partial charge in [-0.1, -0.05) is 24.3 Å². The van der Waals surface area contributed by atoms with Crippen molar-refractivity contribution < 1.29 is 9.53 Å². The van der Waals surface area contributed by atoms with Gasteiger partial charge in [-0.2, -0.15) is 5.26 Å². The van der Waals surface area contributed by atoms with Crippen molar-refractivity contribution in [3.63, 3.8) is 0 Å². The number of allylic oxidation sites excluding steroid dienone is 2. The second-order valence-corrected chi connectivity index (χ2v) is 5.76. The third-order valence-corrected chi connectivity index (χ3v) is 3.62. The largest absolute Gasteiger partial charge is 0.438 e. The van der Waals surface area contributed by atoms with Gasteiger partial charge in [0.05, 0.1) is 11.6 Å². The first-order chi connectivity index (χ1) is 12.5. The van der Waals surface area contributed by atoms with E-state index < -0.39 is 6.23 Å². The summed E-state index contributed by atoms with van der Waals surface area (Å²) in [6, 6.07) is 15.1. The van der Waals surface area contributed by atoms with Crippen LogP contribution < -0.4 is 5.32 Å². The monoisotopic (exact) mass is 346 g/mol. The van der Waals surface area contributed by atoms with Crippen molar-refractivity contribution >= 4 is 23.8 Å². The molecule has 0 aliphatic rings. The number of hydrogen-bond acceptors (Lipinski definition) is 4. The van der Waals surface area contributed by atoms with E-state index in [-0.39, 0.29) is 5.97 Å². The molecule has 0 saturated carbocycles. The van der Waals surface area contributed by atoms with Crippen LogP contribution in [0, 0.1) is 11.3 Å². The molecule has 0 fully saturated rings. The fourth-order valence-corrected chi connectivity index (χ4v) is 2.57. The maximum absolute atomic E-state index is 11.6. The lowest BCUT2D eigenvalue weighted by Gasteiger charge is -2.21. The molecule has 0 amide bonds. The summed E-state index contributed by atoms with van der Waals surface area (Å²) in [6.45, 7) is 5.30. The van der Waals surface area contributed by atoms with Crippen LogP contribution in [0.3, 0.4) is 0 Å². The molecule has 0 aromatic heterocycles. The number of nitriles is 1. The number of ether oxygens (including phenoxy) is 1. The minimum Gasteiger partial charge on any atom is -0.438 e. The first-order valence-electron chi connectivity index (χ1n) is 8.40. The van der Waals surface area contributed by atoms with Crippen LogP contribution in [0.2, 0.25) is 0 Å². The SMILES string of the molecule is CC=Cc1cc(C=CC)cc(C(Nc2ccc(C#N)cc2)OC(C)=O)c1. The van der Waals surface area contributed by atoms with Gasteiger partial charge in [-0.05, 0) is 67.4 Å². The van der Waals surface area contributed by atoms with Crippen molar-refractivity contribution in [2.75, 3.05) is 5.32 Å². The van der Waals surface area contributed by atoms with Gasteiger partial charge in [0.15, 0.2) is 6.23 Å².